The molecule has 22 heavy (non-hydrogen) atoms. The van der Waals surface area contributed by atoms with Crippen LogP contribution in [0.2, 0.25) is 18.1 Å². The Bertz CT molecular complexity index is 616. The fraction of sp³-hybridized carbons (Fsp3) is 0.647. The summed E-state index contributed by atoms with van der Waals surface area (Å²) < 4.78 is 8.47. The molecule has 0 N–H and O–H groups in total. The molecule has 2 heterocycles. The Morgan fingerprint density at radius 1 is 1.27 bits per heavy atom. The number of hydrogen-bond acceptors (Lipinski definition) is 3. The lowest BCUT2D eigenvalue weighted by Crippen LogP contribution is -2.41. The lowest BCUT2D eigenvalue weighted by Gasteiger charge is -2.36. The summed E-state index contributed by atoms with van der Waals surface area (Å²) in [6.45, 7) is 14.6. The van der Waals surface area contributed by atoms with E-state index < -0.39 is 8.32 Å². The summed E-state index contributed by atoms with van der Waals surface area (Å²) in [7, 11) is -1.62. The second-order valence-corrected chi connectivity index (χ2v) is 12.4. The van der Waals surface area contributed by atoms with Gasteiger partial charge in [0.1, 0.15) is 0 Å². The van der Waals surface area contributed by atoms with E-state index in [1.54, 1.807) is 6.20 Å². The Kier molecular flexibility index (Phi) is 5.07. The highest BCUT2D eigenvalue weighted by Gasteiger charge is 2.36. The van der Waals surface area contributed by atoms with Crippen LogP contribution in [-0.2, 0) is 4.43 Å². The third-order valence-corrected chi connectivity index (χ3v) is 9.40. The van der Waals surface area contributed by atoms with Gasteiger partial charge >= 0.3 is 0 Å². The van der Waals surface area contributed by atoms with Crippen molar-refractivity contribution in [3.05, 3.63) is 24.7 Å². The zero-order valence-electron chi connectivity index (χ0n) is 14.8. The normalized spacial score (nSPS) is 14.5. The highest BCUT2D eigenvalue weighted by atomic mass is 28.4. The first-order valence-electron chi connectivity index (χ1n) is 8.14. The standard InChI is InChI=1S/C17H29N3OSi/c1-14(9-8-12-21-22(5,6)17(2,3)4)20-13-19-16-15(20)10-7-11-18-16/h7,10-11,13-14H,8-9,12H2,1-6H3. The van der Waals surface area contributed by atoms with E-state index >= 15 is 0 Å². The van der Waals surface area contributed by atoms with Gasteiger partial charge in [0.25, 0.3) is 0 Å². The second kappa shape index (κ2) is 6.50. The first kappa shape index (κ1) is 17.2. The summed E-state index contributed by atoms with van der Waals surface area (Å²) in [6.07, 6.45) is 5.86. The molecule has 0 aromatic carbocycles. The summed E-state index contributed by atoms with van der Waals surface area (Å²) in [4.78, 5) is 8.66. The monoisotopic (exact) mass is 319 g/mol. The van der Waals surface area contributed by atoms with Crippen LogP contribution < -0.4 is 0 Å². The largest absolute Gasteiger partial charge is 0.417 e. The molecule has 0 aliphatic carbocycles. The van der Waals surface area contributed by atoms with Gasteiger partial charge in [-0.3, -0.25) is 0 Å². The Balaban J connectivity index is 1.87. The molecule has 122 valence electrons. The van der Waals surface area contributed by atoms with Crippen LogP contribution in [0.15, 0.2) is 24.7 Å². The van der Waals surface area contributed by atoms with E-state index in [-0.39, 0.29) is 5.04 Å². The van der Waals surface area contributed by atoms with Gasteiger partial charge in [0, 0.05) is 18.8 Å². The summed E-state index contributed by atoms with van der Waals surface area (Å²) in [6, 6.07) is 4.46. The van der Waals surface area contributed by atoms with Gasteiger partial charge in [-0.1, -0.05) is 20.8 Å². The fourth-order valence-corrected chi connectivity index (χ4v) is 3.37. The molecule has 0 aliphatic rings. The Morgan fingerprint density at radius 3 is 2.68 bits per heavy atom. The van der Waals surface area contributed by atoms with Crippen molar-refractivity contribution in [1.82, 2.24) is 14.5 Å². The summed E-state index contributed by atoms with van der Waals surface area (Å²) >= 11 is 0. The second-order valence-electron chi connectivity index (χ2n) is 7.60. The summed E-state index contributed by atoms with van der Waals surface area (Å²) in [5.74, 6) is 0. The number of hydrogen-bond donors (Lipinski definition) is 0. The van der Waals surface area contributed by atoms with Gasteiger partial charge in [-0.25, -0.2) is 9.97 Å². The van der Waals surface area contributed by atoms with Crippen molar-refractivity contribution in [3.63, 3.8) is 0 Å². The van der Waals surface area contributed by atoms with Crippen molar-refractivity contribution in [2.75, 3.05) is 6.61 Å². The van der Waals surface area contributed by atoms with E-state index in [1.807, 2.05) is 12.4 Å². The lowest BCUT2D eigenvalue weighted by atomic mass is 10.2. The van der Waals surface area contributed by atoms with E-state index in [9.17, 15) is 0 Å². The van der Waals surface area contributed by atoms with Crippen LogP contribution in [0.4, 0.5) is 0 Å². The summed E-state index contributed by atoms with van der Waals surface area (Å²) in [5.41, 5.74) is 1.94. The number of aromatic nitrogens is 3. The van der Waals surface area contributed by atoms with Crippen molar-refractivity contribution >= 4 is 19.5 Å². The van der Waals surface area contributed by atoms with Gasteiger partial charge in [0.2, 0.25) is 0 Å². The highest BCUT2D eigenvalue weighted by Crippen LogP contribution is 2.36. The molecule has 2 aromatic rings. The van der Waals surface area contributed by atoms with E-state index in [0.717, 1.165) is 30.6 Å². The smallest absolute Gasteiger partial charge is 0.191 e. The van der Waals surface area contributed by atoms with Gasteiger partial charge in [-0.05, 0) is 50.0 Å². The van der Waals surface area contributed by atoms with E-state index in [1.165, 1.54) is 0 Å². The van der Waals surface area contributed by atoms with Gasteiger partial charge in [-0.15, -0.1) is 0 Å². The molecule has 0 spiro atoms. The molecule has 0 aliphatic heterocycles. The molecule has 0 amide bonds. The van der Waals surface area contributed by atoms with Crippen LogP contribution in [0.3, 0.4) is 0 Å². The van der Waals surface area contributed by atoms with Crippen molar-refractivity contribution in [3.8, 4) is 0 Å². The van der Waals surface area contributed by atoms with Crippen LogP contribution in [0.1, 0.15) is 46.6 Å². The van der Waals surface area contributed by atoms with Gasteiger partial charge in [-0.2, -0.15) is 0 Å². The highest BCUT2D eigenvalue weighted by molar-refractivity contribution is 6.74. The van der Waals surface area contributed by atoms with Gasteiger partial charge in [0.15, 0.2) is 14.0 Å². The zero-order valence-corrected chi connectivity index (χ0v) is 15.8. The molecular weight excluding hydrogens is 290 g/mol. The van der Waals surface area contributed by atoms with Crippen LogP contribution in [0, 0.1) is 0 Å². The molecule has 0 bridgehead atoms. The first-order valence-corrected chi connectivity index (χ1v) is 11.0. The van der Waals surface area contributed by atoms with Crippen LogP contribution >= 0.6 is 0 Å². The predicted molar refractivity (Wildman–Crippen MR) is 94.6 cm³/mol. The number of imidazole rings is 1. The van der Waals surface area contributed by atoms with Crippen molar-refractivity contribution in [2.45, 2.75) is 64.7 Å². The predicted octanol–water partition coefficient (Wildman–Crippen LogP) is 4.79. The average Bonchev–Trinajstić information content (AvgIpc) is 2.86. The number of fused-ring (bicyclic) bond motifs is 1. The minimum absolute atomic E-state index is 0.283. The molecule has 2 aromatic heterocycles. The molecule has 2 rings (SSSR count). The topological polar surface area (TPSA) is 39.9 Å². The maximum absolute atomic E-state index is 6.25. The number of pyridine rings is 1. The van der Waals surface area contributed by atoms with Crippen LogP contribution in [-0.4, -0.2) is 29.5 Å². The Labute approximate surface area is 135 Å². The molecular formula is C17H29N3OSi. The van der Waals surface area contributed by atoms with E-state index in [2.05, 4.69) is 61.4 Å². The van der Waals surface area contributed by atoms with E-state index in [4.69, 9.17) is 4.43 Å². The first-order chi connectivity index (χ1) is 10.2. The third kappa shape index (κ3) is 3.76. The van der Waals surface area contributed by atoms with Crippen molar-refractivity contribution in [2.24, 2.45) is 0 Å². The molecule has 0 fully saturated rings. The van der Waals surface area contributed by atoms with Crippen LogP contribution in [0.25, 0.3) is 11.2 Å². The number of rotatable bonds is 6. The quantitative estimate of drug-likeness (QED) is 0.567. The average molecular weight is 320 g/mol. The Hall–Kier alpha value is -1.20. The lowest BCUT2D eigenvalue weighted by molar-refractivity contribution is 0.270. The molecule has 0 radical (unpaired) electrons. The van der Waals surface area contributed by atoms with Gasteiger partial charge in [0.05, 0.1) is 11.8 Å². The number of nitrogens with zero attached hydrogens (tertiary/aromatic N) is 3. The molecule has 1 atom stereocenters. The Morgan fingerprint density at radius 2 is 2.00 bits per heavy atom. The molecule has 1 unspecified atom stereocenters. The maximum atomic E-state index is 6.25. The maximum Gasteiger partial charge on any atom is 0.191 e. The fourth-order valence-electron chi connectivity index (χ4n) is 2.28. The zero-order chi connectivity index (χ0) is 16.4. The van der Waals surface area contributed by atoms with Crippen molar-refractivity contribution in [1.29, 1.82) is 0 Å². The van der Waals surface area contributed by atoms with Crippen LogP contribution in [0.5, 0.6) is 0 Å². The van der Waals surface area contributed by atoms with E-state index in [0.29, 0.717) is 6.04 Å². The molecule has 0 saturated carbocycles. The van der Waals surface area contributed by atoms with Crippen molar-refractivity contribution < 1.29 is 4.43 Å². The SMILES string of the molecule is CC(CCCO[Si](C)(C)C(C)(C)C)n1cnc2ncccc21. The summed E-state index contributed by atoms with van der Waals surface area (Å²) in [5, 5.41) is 0.283. The minimum atomic E-state index is -1.62. The van der Waals surface area contributed by atoms with Gasteiger partial charge < -0.3 is 8.99 Å². The molecule has 4 nitrogen and oxygen atoms in total. The molecule has 5 heteroatoms. The minimum Gasteiger partial charge on any atom is -0.417 e. The molecule has 0 saturated heterocycles. The third-order valence-electron chi connectivity index (χ3n) is 4.86.